The molecule has 0 spiro atoms. The second-order valence-corrected chi connectivity index (χ2v) is 6.74. The van der Waals surface area contributed by atoms with Crippen molar-refractivity contribution in [1.29, 1.82) is 0 Å². The highest BCUT2D eigenvalue weighted by atomic mass is 31.2. The molecule has 4 nitrogen and oxygen atoms in total. The van der Waals surface area contributed by atoms with Gasteiger partial charge in [-0.25, -0.2) is 0 Å². The number of ketones is 1. The quantitative estimate of drug-likeness (QED) is 0.770. The highest BCUT2D eigenvalue weighted by Crippen LogP contribution is 2.47. The molecule has 5 heteroatoms. The highest BCUT2D eigenvalue weighted by Gasteiger charge is 2.33. The van der Waals surface area contributed by atoms with Crippen molar-refractivity contribution in [2.24, 2.45) is 5.92 Å². The molecule has 0 amide bonds. The Hall–Kier alpha value is -0.960. The molecule has 0 saturated heterocycles. The maximum atomic E-state index is 12.1. The topological polar surface area (TPSA) is 52.6 Å². The van der Waals surface area contributed by atoms with Gasteiger partial charge in [0, 0.05) is 20.1 Å². The average Bonchev–Trinajstić information content (AvgIpc) is 2.82. The molecular formula is C13H17O4P. The molecule has 0 saturated carbocycles. The molecule has 98 valence electrons. The van der Waals surface area contributed by atoms with Gasteiger partial charge in [-0.3, -0.25) is 9.36 Å². The van der Waals surface area contributed by atoms with E-state index in [1.54, 1.807) is 0 Å². The molecule has 1 aliphatic carbocycles. The smallest absolute Gasteiger partial charge is 0.312 e. The number of benzene rings is 1. The molecule has 1 aromatic carbocycles. The van der Waals surface area contributed by atoms with Gasteiger partial charge in [0.05, 0.1) is 0 Å². The fourth-order valence-electron chi connectivity index (χ4n) is 2.31. The second-order valence-electron chi connectivity index (χ2n) is 4.47. The first-order valence-electron chi connectivity index (χ1n) is 5.88. The highest BCUT2D eigenvalue weighted by molar-refractivity contribution is 7.54. The van der Waals surface area contributed by atoms with Crippen LogP contribution in [0.15, 0.2) is 24.3 Å². The average molecular weight is 268 g/mol. The minimum absolute atomic E-state index is 0.0433. The summed E-state index contributed by atoms with van der Waals surface area (Å²) in [5, 5.41) is 0. The summed E-state index contributed by atoms with van der Waals surface area (Å²) >= 11 is 0. The van der Waals surface area contributed by atoms with Crippen LogP contribution in [0.25, 0.3) is 0 Å². The third-order valence-electron chi connectivity index (χ3n) is 3.41. The first-order chi connectivity index (χ1) is 8.58. The fraction of sp³-hybridized carbons (Fsp3) is 0.462. The Morgan fingerprint density at radius 3 is 2.17 bits per heavy atom. The van der Waals surface area contributed by atoms with Crippen molar-refractivity contribution in [3.05, 3.63) is 35.4 Å². The lowest BCUT2D eigenvalue weighted by atomic mass is 10.0. The first kappa shape index (κ1) is 13.5. The van der Waals surface area contributed by atoms with Crippen LogP contribution >= 0.6 is 7.60 Å². The van der Waals surface area contributed by atoms with E-state index in [1.807, 2.05) is 24.3 Å². The van der Waals surface area contributed by atoms with E-state index in [-0.39, 0.29) is 17.9 Å². The van der Waals surface area contributed by atoms with Gasteiger partial charge in [0.25, 0.3) is 0 Å². The van der Waals surface area contributed by atoms with Crippen molar-refractivity contribution >= 4 is 13.4 Å². The number of carbonyl (C=O) groups excluding carboxylic acids is 1. The summed E-state index contributed by atoms with van der Waals surface area (Å²) in [6, 6.07) is 8.02. The third kappa shape index (κ3) is 2.72. The molecule has 0 heterocycles. The number of Topliss-reactive ketones (excluding diaryl/α,β-unsaturated/α-hetero) is 1. The molecule has 0 aliphatic heterocycles. The summed E-state index contributed by atoms with van der Waals surface area (Å²) in [6.45, 7) is 0. The summed E-state index contributed by atoms with van der Waals surface area (Å²) in [5.41, 5.74) is 2.42. The summed E-state index contributed by atoms with van der Waals surface area (Å²) in [4.78, 5) is 12.1. The van der Waals surface area contributed by atoms with Gasteiger partial charge in [-0.1, -0.05) is 24.3 Å². The summed E-state index contributed by atoms with van der Waals surface area (Å²) < 4.78 is 21.5. The van der Waals surface area contributed by atoms with Crippen molar-refractivity contribution in [3.63, 3.8) is 0 Å². The number of hydrogen-bond acceptors (Lipinski definition) is 4. The number of carbonyl (C=O) groups is 1. The lowest BCUT2D eigenvalue weighted by Gasteiger charge is -2.15. The SMILES string of the molecule is COP(=O)(CC(=O)C1Cc2ccccc2C1)OC. The van der Waals surface area contributed by atoms with Crippen LogP contribution in [0.4, 0.5) is 0 Å². The predicted molar refractivity (Wildman–Crippen MR) is 68.8 cm³/mol. The molecule has 2 rings (SSSR count). The molecule has 0 N–H and O–H groups in total. The Morgan fingerprint density at radius 2 is 1.72 bits per heavy atom. The Kier molecular flexibility index (Phi) is 4.00. The zero-order chi connectivity index (χ0) is 13.2. The largest absolute Gasteiger partial charge is 0.337 e. The molecule has 0 radical (unpaired) electrons. The van der Waals surface area contributed by atoms with E-state index in [2.05, 4.69) is 0 Å². The molecule has 0 bridgehead atoms. The standard InChI is InChI=1S/C13H17O4P/c1-16-18(15,17-2)9-13(14)12-7-10-5-3-4-6-11(10)8-12/h3-6,12H,7-9H2,1-2H3. The zero-order valence-corrected chi connectivity index (χ0v) is 11.5. The molecule has 0 atom stereocenters. The van der Waals surface area contributed by atoms with Crippen LogP contribution in [-0.4, -0.2) is 26.2 Å². The Morgan fingerprint density at radius 1 is 1.22 bits per heavy atom. The van der Waals surface area contributed by atoms with Crippen LogP contribution < -0.4 is 0 Å². The van der Waals surface area contributed by atoms with Crippen LogP contribution in [-0.2, 0) is 31.2 Å². The Bertz CT molecular complexity index is 465. The summed E-state index contributed by atoms with van der Waals surface area (Å²) in [7, 11) is -0.622. The van der Waals surface area contributed by atoms with E-state index in [9.17, 15) is 9.36 Å². The van der Waals surface area contributed by atoms with E-state index in [0.29, 0.717) is 0 Å². The van der Waals surface area contributed by atoms with E-state index in [4.69, 9.17) is 9.05 Å². The summed E-state index contributed by atoms with van der Waals surface area (Å²) in [5.74, 6) is -0.140. The monoisotopic (exact) mass is 268 g/mol. The van der Waals surface area contributed by atoms with Gasteiger partial charge in [-0.15, -0.1) is 0 Å². The van der Waals surface area contributed by atoms with Crippen molar-refractivity contribution in [2.45, 2.75) is 12.8 Å². The maximum Gasteiger partial charge on any atom is 0.337 e. The lowest BCUT2D eigenvalue weighted by molar-refractivity contribution is -0.120. The van der Waals surface area contributed by atoms with Crippen LogP contribution in [0.1, 0.15) is 11.1 Å². The zero-order valence-electron chi connectivity index (χ0n) is 10.6. The van der Waals surface area contributed by atoms with Crippen LogP contribution in [0.3, 0.4) is 0 Å². The molecular weight excluding hydrogens is 251 g/mol. The van der Waals surface area contributed by atoms with Gasteiger partial charge in [0.1, 0.15) is 11.9 Å². The molecule has 0 aromatic heterocycles. The van der Waals surface area contributed by atoms with E-state index >= 15 is 0 Å². The van der Waals surface area contributed by atoms with Crippen molar-refractivity contribution < 1.29 is 18.4 Å². The van der Waals surface area contributed by atoms with Crippen molar-refractivity contribution in [3.8, 4) is 0 Å². The minimum atomic E-state index is -3.23. The van der Waals surface area contributed by atoms with E-state index < -0.39 is 7.60 Å². The van der Waals surface area contributed by atoms with Crippen LogP contribution in [0.5, 0.6) is 0 Å². The van der Waals surface area contributed by atoms with E-state index in [0.717, 1.165) is 12.8 Å². The van der Waals surface area contributed by atoms with Gasteiger partial charge in [-0.2, -0.15) is 0 Å². The van der Waals surface area contributed by atoms with Gasteiger partial charge in [0.2, 0.25) is 0 Å². The molecule has 0 unspecified atom stereocenters. The molecule has 1 aromatic rings. The Balaban J connectivity index is 2.04. The first-order valence-corrected chi connectivity index (χ1v) is 7.61. The number of fused-ring (bicyclic) bond motifs is 1. The summed E-state index contributed by atoms with van der Waals surface area (Å²) in [6.07, 6.45) is 1.31. The van der Waals surface area contributed by atoms with Gasteiger partial charge >= 0.3 is 7.60 Å². The van der Waals surface area contributed by atoms with Gasteiger partial charge < -0.3 is 9.05 Å². The normalized spacial score (nSPS) is 15.7. The van der Waals surface area contributed by atoms with Gasteiger partial charge in [0.15, 0.2) is 0 Å². The number of hydrogen-bond donors (Lipinski definition) is 0. The third-order valence-corrected chi connectivity index (χ3v) is 5.22. The Labute approximate surface area is 107 Å². The molecule has 18 heavy (non-hydrogen) atoms. The minimum Gasteiger partial charge on any atom is -0.312 e. The molecule has 1 aliphatic rings. The van der Waals surface area contributed by atoms with Crippen LogP contribution in [0.2, 0.25) is 0 Å². The lowest BCUT2D eigenvalue weighted by Crippen LogP contribution is -2.19. The molecule has 0 fully saturated rings. The fourth-order valence-corrected chi connectivity index (χ4v) is 3.36. The predicted octanol–water partition coefficient (Wildman–Crippen LogP) is 2.46. The van der Waals surface area contributed by atoms with Crippen molar-refractivity contribution in [2.75, 3.05) is 20.4 Å². The van der Waals surface area contributed by atoms with Gasteiger partial charge in [-0.05, 0) is 24.0 Å². The van der Waals surface area contributed by atoms with Crippen LogP contribution in [0, 0.1) is 5.92 Å². The second kappa shape index (κ2) is 5.35. The van der Waals surface area contributed by atoms with Crippen molar-refractivity contribution in [1.82, 2.24) is 0 Å². The number of rotatable bonds is 5. The van der Waals surface area contributed by atoms with E-state index in [1.165, 1.54) is 25.3 Å². The maximum absolute atomic E-state index is 12.1.